The lowest BCUT2D eigenvalue weighted by Crippen LogP contribution is -2.00. The molecule has 7 heteroatoms. The summed E-state index contributed by atoms with van der Waals surface area (Å²) >= 11 is 8.83. The minimum atomic E-state index is -0.540. The summed E-state index contributed by atoms with van der Waals surface area (Å²) in [5, 5.41) is 13.9. The van der Waals surface area contributed by atoms with Crippen LogP contribution in [0.5, 0.6) is 0 Å². The van der Waals surface area contributed by atoms with E-state index in [-0.39, 0.29) is 16.5 Å². The summed E-state index contributed by atoms with van der Waals surface area (Å²) in [6, 6.07) is 9.10. The SMILES string of the molecule is O=[N+]([O-])c1cc(NCc2ccc(F)c(Br)c2)ccc1Cl. The second kappa shape index (κ2) is 6.19. The lowest BCUT2D eigenvalue weighted by molar-refractivity contribution is -0.384. The second-order valence-corrected chi connectivity index (χ2v) is 5.29. The number of nitro groups is 1. The van der Waals surface area contributed by atoms with E-state index in [2.05, 4.69) is 21.2 Å². The Labute approximate surface area is 127 Å². The first-order valence-electron chi connectivity index (χ1n) is 5.59. The van der Waals surface area contributed by atoms with Gasteiger partial charge in [-0.1, -0.05) is 17.7 Å². The summed E-state index contributed by atoms with van der Waals surface area (Å²) < 4.78 is 13.5. The van der Waals surface area contributed by atoms with Gasteiger partial charge < -0.3 is 5.32 Å². The second-order valence-electron chi connectivity index (χ2n) is 4.03. The van der Waals surface area contributed by atoms with Crippen molar-refractivity contribution < 1.29 is 9.31 Å². The maximum Gasteiger partial charge on any atom is 0.289 e. The Hall–Kier alpha value is -1.66. The molecule has 0 saturated heterocycles. The normalized spacial score (nSPS) is 10.3. The highest BCUT2D eigenvalue weighted by Crippen LogP contribution is 2.27. The number of hydrogen-bond acceptors (Lipinski definition) is 3. The van der Waals surface area contributed by atoms with Crippen LogP contribution in [-0.4, -0.2) is 4.92 Å². The molecule has 0 unspecified atom stereocenters. The van der Waals surface area contributed by atoms with Gasteiger partial charge in [0.05, 0.1) is 9.40 Å². The molecule has 104 valence electrons. The van der Waals surface area contributed by atoms with Crippen LogP contribution < -0.4 is 5.32 Å². The molecule has 0 amide bonds. The molecule has 0 bridgehead atoms. The van der Waals surface area contributed by atoms with Gasteiger partial charge in [-0.05, 0) is 45.8 Å². The van der Waals surface area contributed by atoms with Gasteiger partial charge in [-0.3, -0.25) is 10.1 Å². The van der Waals surface area contributed by atoms with E-state index < -0.39 is 4.92 Å². The van der Waals surface area contributed by atoms with Crippen molar-refractivity contribution in [2.24, 2.45) is 0 Å². The van der Waals surface area contributed by atoms with E-state index in [0.717, 1.165) is 5.56 Å². The van der Waals surface area contributed by atoms with E-state index in [0.29, 0.717) is 16.7 Å². The molecule has 2 rings (SSSR count). The predicted octanol–water partition coefficient (Wildman–Crippen LogP) is 4.76. The Morgan fingerprint density at radius 1 is 1.30 bits per heavy atom. The monoisotopic (exact) mass is 358 g/mol. The van der Waals surface area contributed by atoms with Gasteiger partial charge >= 0.3 is 0 Å². The highest BCUT2D eigenvalue weighted by atomic mass is 79.9. The first-order valence-corrected chi connectivity index (χ1v) is 6.76. The Kier molecular flexibility index (Phi) is 4.57. The maximum absolute atomic E-state index is 13.1. The number of benzene rings is 2. The van der Waals surface area contributed by atoms with Gasteiger partial charge in [0.25, 0.3) is 5.69 Å². The van der Waals surface area contributed by atoms with Crippen LogP contribution in [0.3, 0.4) is 0 Å². The molecular formula is C13H9BrClFN2O2. The molecule has 2 aromatic rings. The van der Waals surface area contributed by atoms with E-state index in [9.17, 15) is 14.5 Å². The molecule has 2 aromatic carbocycles. The molecule has 0 spiro atoms. The van der Waals surface area contributed by atoms with Gasteiger partial charge in [-0.15, -0.1) is 0 Å². The van der Waals surface area contributed by atoms with Gasteiger partial charge in [0, 0.05) is 18.3 Å². The standard InChI is InChI=1S/C13H9BrClFN2O2/c14-10-5-8(1-4-12(10)16)7-17-9-2-3-11(15)13(6-9)18(19)20/h1-6,17H,7H2. The highest BCUT2D eigenvalue weighted by molar-refractivity contribution is 9.10. The van der Waals surface area contributed by atoms with Crippen molar-refractivity contribution >= 4 is 38.9 Å². The van der Waals surface area contributed by atoms with Crippen molar-refractivity contribution in [2.45, 2.75) is 6.54 Å². The van der Waals surface area contributed by atoms with Crippen molar-refractivity contribution in [1.29, 1.82) is 0 Å². The molecule has 0 radical (unpaired) electrons. The van der Waals surface area contributed by atoms with E-state index in [1.165, 1.54) is 18.2 Å². The average Bonchev–Trinajstić information content (AvgIpc) is 2.41. The Balaban J connectivity index is 2.12. The zero-order valence-electron chi connectivity index (χ0n) is 10.1. The van der Waals surface area contributed by atoms with Crippen LogP contribution in [0.25, 0.3) is 0 Å². The summed E-state index contributed by atoms with van der Waals surface area (Å²) in [5.74, 6) is -0.337. The molecule has 0 heterocycles. The van der Waals surface area contributed by atoms with Crippen LogP contribution in [0.4, 0.5) is 15.8 Å². The largest absolute Gasteiger partial charge is 0.381 e. The number of halogens is 3. The molecule has 0 aromatic heterocycles. The summed E-state index contributed by atoms with van der Waals surface area (Å²) in [5.41, 5.74) is 1.26. The molecule has 0 fully saturated rings. The maximum atomic E-state index is 13.1. The molecule has 4 nitrogen and oxygen atoms in total. The third-order valence-electron chi connectivity index (χ3n) is 2.62. The predicted molar refractivity (Wildman–Crippen MR) is 79.5 cm³/mol. The number of nitrogens with one attached hydrogen (secondary N) is 1. The first kappa shape index (κ1) is 14.7. The summed E-state index contributed by atoms with van der Waals surface area (Å²) in [6.07, 6.45) is 0. The van der Waals surface area contributed by atoms with Gasteiger partial charge in [-0.2, -0.15) is 0 Å². The Morgan fingerprint density at radius 3 is 2.70 bits per heavy atom. The highest BCUT2D eigenvalue weighted by Gasteiger charge is 2.12. The number of nitro benzene ring substituents is 1. The fraction of sp³-hybridized carbons (Fsp3) is 0.0769. The summed E-state index contributed by atoms with van der Waals surface area (Å²) in [6.45, 7) is 0.414. The van der Waals surface area contributed by atoms with Crippen LogP contribution in [0.1, 0.15) is 5.56 Å². The fourth-order valence-corrected chi connectivity index (χ4v) is 2.23. The minimum absolute atomic E-state index is 0.0880. The zero-order chi connectivity index (χ0) is 14.7. The smallest absolute Gasteiger partial charge is 0.289 e. The third-order valence-corrected chi connectivity index (χ3v) is 3.55. The molecule has 0 atom stereocenters. The summed E-state index contributed by atoms with van der Waals surface area (Å²) in [4.78, 5) is 10.2. The van der Waals surface area contributed by atoms with Crippen LogP contribution in [0.15, 0.2) is 40.9 Å². The van der Waals surface area contributed by atoms with E-state index in [1.807, 2.05) is 0 Å². The van der Waals surface area contributed by atoms with Gasteiger partial charge in [0.2, 0.25) is 0 Å². The van der Waals surface area contributed by atoms with Crippen LogP contribution >= 0.6 is 27.5 Å². The van der Waals surface area contributed by atoms with E-state index in [4.69, 9.17) is 11.6 Å². The molecule has 0 aliphatic rings. The van der Waals surface area contributed by atoms with Crippen molar-refractivity contribution in [3.05, 3.63) is 67.4 Å². The van der Waals surface area contributed by atoms with Crippen LogP contribution in [0, 0.1) is 15.9 Å². The van der Waals surface area contributed by atoms with Gasteiger partial charge in [0.1, 0.15) is 10.8 Å². The third kappa shape index (κ3) is 3.46. The summed E-state index contributed by atoms with van der Waals surface area (Å²) in [7, 11) is 0. The van der Waals surface area contributed by atoms with Gasteiger partial charge in [0.15, 0.2) is 0 Å². The van der Waals surface area contributed by atoms with Crippen molar-refractivity contribution in [3.8, 4) is 0 Å². The van der Waals surface area contributed by atoms with E-state index in [1.54, 1.807) is 18.2 Å². The van der Waals surface area contributed by atoms with Crippen molar-refractivity contribution in [3.63, 3.8) is 0 Å². The van der Waals surface area contributed by atoms with Crippen LogP contribution in [-0.2, 0) is 6.54 Å². The quantitative estimate of drug-likeness (QED) is 0.632. The molecule has 20 heavy (non-hydrogen) atoms. The van der Waals surface area contributed by atoms with Gasteiger partial charge in [-0.25, -0.2) is 4.39 Å². The Bertz CT molecular complexity index is 667. The number of rotatable bonds is 4. The lowest BCUT2D eigenvalue weighted by atomic mass is 10.2. The topological polar surface area (TPSA) is 55.2 Å². The molecule has 0 aliphatic heterocycles. The van der Waals surface area contributed by atoms with Crippen LogP contribution in [0.2, 0.25) is 5.02 Å². The lowest BCUT2D eigenvalue weighted by Gasteiger charge is -2.07. The Morgan fingerprint density at radius 2 is 2.05 bits per heavy atom. The first-order chi connectivity index (χ1) is 9.47. The average molecular weight is 360 g/mol. The molecular weight excluding hydrogens is 351 g/mol. The fourth-order valence-electron chi connectivity index (χ4n) is 1.62. The minimum Gasteiger partial charge on any atom is -0.381 e. The van der Waals surface area contributed by atoms with E-state index >= 15 is 0 Å². The van der Waals surface area contributed by atoms with Crippen molar-refractivity contribution in [1.82, 2.24) is 0 Å². The number of hydrogen-bond donors (Lipinski definition) is 1. The zero-order valence-corrected chi connectivity index (χ0v) is 12.4. The van der Waals surface area contributed by atoms with Crippen molar-refractivity contribution in [2.75, 3.05) is 5.32 Å². The molecule has 0 aliphatic carbocycles. The number of anilines is 1. The molecule has 1 N–H and O–H groups in total. The molecule has 0 saturated carbocycles. The number of nitrogens with zero attached hydrogens (tertiary/aromatic N) is 1.